The van der Waals surface area contributed by atoms with Crippen molar-refractivity contribution in [2.75, 3.05) is 0 Å². The zero-order valence-electron chi connectivity index (χ0n) is 10.7. The van der Waals surface area contributed by atoms with Crippen LogP contribution in [0, 0.1) is 15.5 Å². The highest BCUT2D eigenvalue weighted by Crippen LogP contribution is 2.30. The summed E-state index contributed by atoms with van der Waals surface area (Å²) in [7, 11) is 0. The number of nitro benzene ring substituents is 1. The molecule has 0 bridgehead atoms. The third kappa shape index (κ3) is 3.67. The maximum absolute atomic E-state index is 10.9. The highest BCUT2D eigenvalue weighted by molar-refractivity contribution is 6.30. The van der Waals surface area contributed by atoms with Gasteiger partial charge in [-0.25, -0.2) is 0 Å². The number of hydrogen-bond donors (Lipinski definition) is 2. The summed E-state index contributed by atoms with van der Waals surface area (Å²) in [4.78, 5) is 14.3. The number of amidine groups is 1. The number of nitrogen functional groups attached to an aromatic ring is 1. The van der Waals surface area contributed by atoms with Crippen LogP contribution >= 0.6 is 11.6 Å². The molecule has 0 aliphatic carbocycles. The number of halogens is 1. The van der Waals surface area contributed by atoms with Gasteiger partial charge in [-0.15, -0.1) is 0 Å². The second-order valence-corrected chi connectivity index (χ2v) is 4.56. The molecule has 0 saturated carbocycles. The van der Waals surface area contributed by atoms with Crippen molar-refractivity contribution in [3.05, 3.63) is 62.9 Å². The molecule has 7 nitrogen and oxygen atoms in total. The maximum Gasteiger partial charge on any atom is 0.312 e. The molecule has 3 N–H and O–H groups in total. The lowest BCUT2D eigenvalue weighted by molar-refractivity contribution is -0.385. The van der Waals surface area contributed by atoms with Gasteiger partial charge in [-0.2, -0.15) is 0 Å². The Morgan fingerprint density at radius 3 is 2.86 bits per heavy atom. The molecule has 0 spiro atoms. The van der Waals surface area contributed by atoms with E-state index in [0.29, 0.717) is 11.3 Å². The van der Waals surface area contributed by atoms with E-state index in [1.807, 2.05) is 0 Å². The highest BCUT2D eigenvalue weighted by atomic mass is 35.5. The third-order valence-corrected chi connectivity index (χ3v) is 2.85. The van der Waals surface area contributed by atoms with Gasteiger partial charge in [0.1, 0.15) is 18.1 Å². The second kappa shape index (κ2) is 6.19. The summed E-state index contributed by atoms with van der Waals surface area (Å²) in [5.41, 5.74) is 6.16. The van der Waals surface area contributed by atoms with Gasteiger partial charge in [0.05, 0.1) is 4.92 Å². The molecule has 2 rings (SSSR count). The van der Waals surface area contributed by atoms with Crippen LogP contribution < -0.4 is 10.5 Å². The van der Waals surface area contributed by atoms with Gasteiger partial charge in [-0.1, -0.05) is 11.6 Å². The zero-order valence-corrected chi connectivity index (χ0v) is 11.5. The van der Waals surface area contributed by atoms with E-state index >= 15 is 0 Å². The Hall–Kier alpha value is -2.67. The monoisotopic (exact) mass is 306 g/mol. The van der Waals surface area contributed by atoms with E-state index in [1.54, 1.807) is 12.1 Å². The Morgan fingerprint density at radius 1 is 1.43 bits per heavy atom. The molecule has 0 unspecified atom stereocenters. The zero-order chi connectivity index (χ0) is 15.4. The van der Waals surface area contributed by atoms with Gasteiger partial charge in [-0.3, -0.25) is 20.5 Å². The molecule has 0 amide bonds. The average Bonchev–Trinajstić information content (AvgIpc) is 2.46. The van der Waals surface area contributed by atoms with Gasteiger partial charge in [0, 0.05) is 17.3 Å². The number of nitro groups is 1. The summed E-state index contributed by atoms with van der Waals surface area (Å²) in [5, 5.41) is 18.5. The van der Waals surface area contributed by atoms with Gasteiger partial charge in [0.15, 0.2) is 5.75 Å². The van der Waals surface area contributed by atoms with Crippen molar-refractivity contribution in [3.8, 4) is 5.75 Å². The fourth-order valence-corrected chi connectivity index (χ4v) is 1.79. The molecule has 21 heavy (non-hydrogen) atoms. The summed E-state index contributed by atoms with van der Waals surface area (Å²) in [6.07, 6.45) is 1.49. The first-order chi connectivity index (χ1) is 9.97. The van der Waals surface area contributed by atoms with Crippen molar-refractivity contribution < 1.29 is 9.66 Å². The lowest BCUT2D eigenvalue weighted by Crippen LogP contribution is -2.13. The molecule has 0 saturated heterocycles. The van der Waals surface area contributed by atoms with Gasteiger partial charge in [-0.05, 0) is 29.8 Å². The second-order valence-electron chi connectivity index (χ2n) is 4.12. The standard InChI is InChI=1S/C13H11ClN4O3/c14-9-1-2-12(11(6-9)18(19)20)21-7-8-3-4-17-10(5-8)13(15)16/h1-6H,7H2,(H3,15,16). The highest BCUT2D eigenvalue weighted by Gasteiger charge is 2.15. The van der Waals surface area contributed by atoms with E-state index in [-0.39, 0.29) is 28.9 Å². The molecule has 0 aliphatic rings. The lowest BCUT2D eigenvalue weighted by atomic mass is 10.2. The van der Waals surface area contributed by atoms with Crippen LogP contribution in [0.2, 0.25) is 5.02 Å². The SMILES string of the molecule is N=C(N)c1cc(COc2ccc(Cl)cc2[N+](=O)[O-])ccn1. The van der Waals surface area contributed by atoms with E-state index in [2.05, 4.69) is 4.98 Å². The van der Waals surface area contributed by atoms with Crippen LogP contribution in [0.15, 0.2) is 36.5 Å². The molecular weight excluding hydrogens is 296 g/mol. The first-order valence-electron chi connectivity index (χ1n) is 5.83. The van der Waals surface area contributed by atoms with E-state index in [1.165, 1.54) is 24.4 Å². The van der Waals surface area contributed by atoms with Crippen molar-refractivity contribution in [3.63, 3.8) is 0 Å². The smallest absolute Gasteiger partial charge is 0.312 e. The first-order valence-corrected chi connectivity index (χ1v) is 6.21. The van der Waals surface area contributed by atoms with Crippen LogP contribution in [0.1, 0.15) is 11.3 Å². The first kappa shape index (κ1) is 14.7. The summed E-state index contributed by atoms with van der Waals surface area (Å²) < 4.78 is 5.43. The number of nitrogens with one attached hydrogen (secondary N) is 1. The van der Waals surface area contributed by atoms with E-state index in [0.717, 1.165) is 0 Å². The van der Waals surface area contributed by atoms with Crippen LogP contribution in [0.25, 0.3) is 0 Å². The minimum Gasteiger partial charge on any atom is -0.482 e. The number of rotatable bonds is 5. The number of aromatic nitrogens is 1. The largest absolute Gasteiger partial charge is 0.482 e. The van der Waals surface area contributed by atoms with Gasteiger partial charge in [0.2, 0.25) is 0 Å². The number of benzene rings is 1. The van der Waals surface area contributed by atoms with Crippen LogP contribution in [0.3, 0.4) is 0 Å². The van der Waals surface area contributed by atoms with E-state index < -0.39 is 4.92 Å². The molecular formula is C13H11ClN4O3. The van der Waals surface area contributed by atoms with E-state index in [4.69, 9.17) is 27.5 Å². The average molecular weight is 307 g/mol. The predicted molar refractivity (Wildman–Crippen MR) is 77.7 cm³/mol. The molecule has 1 aromatic heterocycles. The number of hydrogen-bond acceptors (Lipinski definition) is 5. The summed E-state index contributed by atoms with van der Waals surface area (Å²) >= 11 is 5.73. The fourth-order valence-electron chi connectivity index (χ4n) is 1.63. The molecule has 0 aliphatic heterocycles. The van der Waals surface area contributed by atoms with Crippen molar-refractivity contribution in [2.45, 2.75) is 6.61 Å². The van der Waals surface area contributed by atoms with Crippen molar-refractivity contribution >= 4 is 23.1 Å². The van der Waals surface area contributed by atoms with Gasteiger partial charge >= 0.3 is 5.69 Å². The molecule has 2 aromatic rings. The Balaban J connectivity index is 2.18. The van der Waals surface area contributed by atoms with Crippen LogP contribution in [-0.2, 0) is 6.61 Å². The Labute approximate surface area is 125 Å². The van der Waals surface area contributed by atoms with Crippen LogP contribution in [0.4, 0.5) is 5.69 Å². The number of ether oxygens (including phenoxy) is 1. The number of nitrogens with zero attached hydrogens (tertiary/aromatic N) is 2. The molecule has 0 radical (unpaired) electrons. The quantitative estimate of drug-likeness (QED) is 0.381. The van der Waals surface area contributed by atoms with Crippen molar-refractivity contribution in [1.29, 1.82) is 5.41 Å². The fraction of sp³-hybridized carbons (Fsp3) is 0.0769. The minimum absolute atomic E-state index is 0.0886. The predicted octanol–water partition coefficient (Wildman–Crippen LogP) is 2.51. The minimum atomic E-state index is -0.561. The van der Waals surface area contributed by atoms with Crippen molar-refractivity contribution in [2.24, 2.45) is 5.73 Å². The Morgan fingerprint density at radius 2 is 2.19 bits per heavy atom. The Kier molecular flexibility index (Phi) is 4.34. The third-order valence-electron chi connectivity index (χ3n) is 2.61. The number of pyridine rings is 1. The van der Waals surface area contributed by atoms with E-state index in [9.17, 15) is 10.1 Å². The molecule has 108 valence electrons. The summed E-state index contributed by atoms with van der Waals surface area (Å²) in [6, 6.07) is 7.44. The summed E-state index contributed by atoms with van der Waals surface area (Å²) in [6.45, 7) is 0.0886. The normalized spacial score (nSPS) is 10.1. The molecule has 0 atom stereocenters. The molecule has 1 aromatic carbocycles. The topological polar surface area (TPSA) is 115 Å². The van der Waals surface area contributed by atoms with Crippen LogP contribution in [-0.4, -0.2) is 15.7 Å². The van der Waals surface area contributed by atoms with Crippen molar-refractivity contribution in [1.82, 2.24) is 4.98 Å². The lowest BCUT2D eigenvalue weighted by Gasteiger charge is -2.08. The number of nitrogens with two attached hydrogens (primary N) is 1. The maximum atomic E-state index is 10.9. The summed E-state index contributed by atoms with van der Waals surface area (Å²) in [5.74, 6) is -0.0417. The molecule has 1 heterocycles. The van der Waals surface area contributed by atoms with Gasteiger partial charge in [0.25, 0.3) is 0 Å². The molecule has 8 heteroatoms. The van der Waals surface area contributed by atoms with Crippen LogP contribution in [0.5, 0.6) is 5.75 Å². The Bertz CT molecular complexity index is 706. The molecule has 0 fully saturated rings. The van der Waals surface area contributed by atoms with Gasteiger partial charge < -0.3 is 10.5 Å².